The topological polar surface area (TPSA) is 87.7 Å². The van der Waals surface area contributed by atoms with Crippen molar-refractivity contribution in [2.24, 2.45) is 0 Å². The van der Waals surface area contributed by atoms with Gasteiger partial charge < -0.3 is 20.5 Å². The highest BCUT2D eigenvalue weighted by atomic mass is 19.1. The number of halogens is 1. The number of para-hydroxylation sites is 1. The largest absolute Gasteiger partial charge is 0.486 e. The Bertz CT molecular complexity index is 994. The second kappa shape index (κ2) is 10.1. The van der Waals surface area contributed by atoms with Gasteiger partial charge in [-0.25, -0.2) is 14.0 Å². The number of amides is 2. The van der Waals surface area contributed by atoms with Gasteiger partial charge in [-0.1, -0.05) is 42.5 Å². The van der Waals surface area contributed by atoms with Gasteiger partial charge in [-0.2, -0.15) is 0 Å². The highest BCUT2D eigenvalue weighted by Gasteiger charge is 2.15. The summed E-state index contributed by atoms with van der Waals surface area (Å²) < 4.78 is 19.7. The highest BCUT2D eigenvalue weighted by Crippen LogP contribution is 2.25. The molecule has 1 unspecified atom stereocenters. The molecule has 0 spiro atoms. The maximum atomic E-state index is 13.6. The zero-order valence-corrected chi connectivity index (χ0v) is 16.0. The first-order valence-corrected chi connectivity index (χ1v) is 9.37. The zero-order chi connectivity index (χ0) is 21.3. The molecule has 0 aliphatic carbocycles. The van der Waals surface area contributed by atoms with Crippen LogP contribution < -0.4 is 15.4 Å². The van der Waals surface area contributed by atoms with Crippen molar-refractivity contribution in [3.8, 4) is 5.75 Å². The van der Waals surface area contributed by atoms with Crippen molar-refractivity contribution in [3.63, 3.8) is 0 Å². The predicted octanol–water partition coefficient (Wildman–Crippen LogP) is 4.86. The van der Waals surface area contributed by atoms with Crippen LogP contribution in [0.2, 0.25) is 0 Å². The Hall–Kier alpha value is -3.87. The molecule has 0 heterocycles. The third-order valence-corrected chi connectivity index (χ3v) is 4.37. The van der Waals surface area contributed by atoms with Gasteiger partial charge in [-0.05, 0) is 42.0 Å². The minimum absolute atomic E-state index is 0.101. The van der Waals surface area contributed by atoms with Gasteiger partial charge in [0, 0.05) is 13.0 Å². The number of ether oxygens (including phenoxy) is 1. The van der Waals surface area contributed by atoms with E-state index in [2.05, 4.69) is 10.6 Å². The van der Waals surface area contributed by atoms with Crippen molar-refractivity contribution in [3.05, 3.63) is 95.8 Å². The van der Waals surface area contributed by atoms with Gasteiger partial charge in [0.15, 0.2) is 0 Å². The average molecular weight is 408 g/mol. The molecule has 7 heteroatoms. The fourth-order valence-corrected chi connectivity index (χ4v) is 2.85. The highest BCUT2D eigenvalue weighted by molar-refractivity contribution is 5.89. The second-order valence-corrected chi connectivity index (χ2v) is 6.50. The number of benzene rings is 3. The van der Waals surface area contributed by atoms with Gasteiger partial charge in [-0.15, -0.1) is 0 Å². The van der Waals surface area contributed by atoms with Crippen LogP contribution in [0.1, 0.15) is 28.4 Å². The van der Waals surface area contributed by atoms with Crippen LogP contribution in [0.25, 0.3) is 0 Å². The average Bonchev–Trinajstić information content (AvgIpc) is 2.75. The molecule has 0 saturated carbocycles. The third kappa shape index (κ3) is 5.81. The summed E-state index contributed by atoms with van der Waals surface area (Å²) in [5.74, 6) is -1.00. The number of urea groups is 1. The summed E-state index contributed by atoms with van der Waals surface area (Å²) in [4.78, 5) is 23.1. The van der Waals surface area contributed by atoms with E-state index in [0.717, 1.165) is 5.56 Å². The number of rotatable bonds is 8. The Morgan fingerprint density at radius 3 is 2.27 bits per heavy atom. The minimum Gasteiger partial charge on any atom is -0.486 e. The van der Waals surface area contributed by atoms with Crippen LogP contribution in [0.3, 0.4) is 0 Å². The van der Waals surface area contributed by atoms with Crippen LogP contribution in [0.15, 0.2) is 78.9 Å². The smallest absolute Gasteiger partial charge is 0.335 e. The molecule has 2 amide bonds. The molecule has 3 aromatic rings. The first kappa shape index (κ1) is 20.9. The predicted molar refractivity (Wildman–Crippen MR) is 111 cm³/mol. The van der Waals surface area contributed by atoms with Gasteiger partial charge in [0.1, 0.15) is 17.7 Å². The van der Waals surface area contributed by atoms with E-state index >= 15 is 0 Å². The lowest BCUT2D eigenvalue weighted by atomic mass is 10.1. The second-order valence-electron chi connectivity index (χ2n) is 6.50. The van der Waals surface area contributed by atoms with E-state index in [1.54, 1.807) is 24.3 Å². The Labute approximate surface area is 173 Å². The van der Waals surface area contributed by atoms with Crippen LogP contribution in [-0.2, 0) is 0 Å². The SMILES string of the molecule is O=C(NCCC(Oc1ccc(C(=O)O)cc1)c1ccccc1)Nc1ccccc1F. The maximum Gasteiger partial charge on any atom is 0.335 e. The number of hydrogen-bond acceptors (Lipinski definition) is 3. The molecule has 0 aliphatic rings. The van der Waals surface area contributed by atoms with Crippen LogP contribution in [0, 0.1) is 5.82 Å². The summed E-state index contributed by atoms with van der Waals surface area (Å²) in [6.07, 6.45) is 0.0886. The lowest BCUT2D eigenvalue weighted by molar-refractivity contribution is 0.0696. The minimum atomic E-state index is -1.01. The van der Waals surface area contributed by atoms with E-state index in [1.165, 1.54) is 24.3 Å². The van der Waals surface area contributed by atoms with Crippen molar-refractivity contribution in [2.75, 3.05) is 11.9 Å². The van der Waals surface area contributed by atoms with Gasteiger partial charge in [0.05, 0.1) is 11.3 Å². The summed E-state index contributed by atoms with van der Waals surface area (Å²) in [7, 11) is 0. The van der Waals surface area contributed by atoms with Crippen LogP contribution in [0.4, 0.5) is 14.9 Å². The molecule has 0 bridgehead atoms. The first-order chi connectivity index (χ1) is 14.5. The van der Waals surface area contributed by atoms with Gasteiger partial charge in [0.25, 0.3) is 0 Å². The van der Waals surface area contributed by atoms with Crippen LogP contribution >= 0.6 is 0 Å². The van der Waals surface area contributed by atoms with Gasteiger partial charge in [-0.3, -0.25) is 0 Å². The first-order valence-electron chi connectivity index (χ1n) is 9.37. The van der Waals surface area contributed by atoms with E-state index in [0.29, 0.717) is 12.2 Å². The number of nitrogens with one attached hydrogen (secondary N) is 2. The monoisotopic (exact) mass is 408 g/mol. The zero-order valence-electron chi connectivity index (χ0n) is 16.0. The molecule has 0 fully saturated rings. The fourth-order valence-electron chi connectivity index (χ4n) is 2.85. The molecule has 0 saturated heterocycles. The number of carboxylic acids is 1. The molecule has 0 aliphatic heterocycles. The summed E-state index contributed by atoms with van der Waals surface area (Å²) in [6, 6.07) is 21.0. The van der Waals surface area contributed by atoms with Crippen LogP contribution in [-0.4, -0.2) is 23.7 Å². The molecule has 0 aromatic heterocycles. The van der Waals surface area contributed by atoms with E-state index in [9.17, 15) is 14.0 Å². The van der Waals surface area contributed by atoms with E-state index in [1.807, 2.05) is 30.3 Å². The standard InChI is InChI=1S/C23H21FN2O4/c24-19-8-4-5-9-20(19)26-23(29)25-15-14-21(16-6-2-1-3-7-16)30-18-12-10-17(11-13-18)22(27)28/h1-13,21H,14-15H2,(H,27,28)(H2,25,26,29). The van der Waals surface area contributed by atoms with Gasteiger partial charge >= 0.3 is 12.0 Å². The van der Waals surface area contributed by atoms with Crippen LogP contribution in [0.5, 0.6) is 5.75 Å². The molecule has 3 rings (SSSR count). The van der Waals surface area contributed by atoms with Crippen molar-refractivity contribution < 1.29 is 23.8 Å². The Morgan fingerprint density at radius 1 is 0.933 bits per heavy atom. The lowest BCUT2D eigenvalue weighted by Crippen LogP contribution is -2.31. The van der Waals surface area contributed by atoms with Gasteiger partial charge in [0.2, 0.25) is 0 Å². The normalized spacial score (nSPS) is 11.4. The van der Waals surface area contributed by atoms with Crippen molar-refractivity contribution in [1.82, 2.24) is 5.32 Å². The summed E-state index contributed by atoms with van der Waals surface area (Å²) in [6.45, 7) is 0.285. The van der Waals surface area contributed by atoms with E-state index in [-0.39, 0.29) is 23.9 Å². The maximum absolute atomic E-state index is 13.6. The third-order valence-electron chi connectivity index (χ3n) is 4.37. The summed E-state index contributed by atoms with van der Waals surface area (Å²) >= 11 is 0. The Balaban J connectivity index is 1.61. The van der Waals surface area contributed by atoms with E-state index < -0.39 is 17.8 Å². The Morgan fingerprint density at radius 2 is 1.60 bits per heavy atom. The molecule has 154 valence electrons. The molecule has 6 nitrogen and oxygen atoms in total. The van der Waals surface area contributed by atoms with Crippen molar-refractivity contribution >= 4 is 17.7 Å². The molecule has 3 N–H and O–H groups in total. The number of anilines is 1. The number of carboxylic acid groups (broad SMARTS) is 1. The Kier molecular flexibility index (Phi) is 7.00. The summed E-state index contributed by atoms with van der Waals surface area (Å²) in [5, 5.41) is 14.2. The molecular formula is C23H21FN2O4. The molecule has 30 heavy (non-hydrogen) atoms. The van der Waals surface area contributed by atoms with Crippen molar-refractivity contribution in [1.29, 1.82) is 0 Å². The molecule has 1 atom stereocenters. The van der Waals surface area contributed by atoms with Crippen molar-refractivity contribution in [2.45, 2.75) is 12.5 Å². The number of carbonyl (C=O) groups is 2. The molecule has 3 aromatic carbocycles. The molecule has 0 radical (unpaired) electrons. The summed E-state index contributed by atoms with van der Waals surface area (Å²) in [5.41, 5.74) is 1.19. The van der Waals surface area contributed by atoms with E-state index in [4.69, 9.17) is 9.84 Å². The fraction of sp³-hybridized carbons (Fsp3) is 0.130. The number of carbonyl (C=O) groups excluding carboxylic acids is 1. The molecular weight excluding hydrogens is 387 g/mol. The number of aromatic carboxylic acids is 1. The quantitative estimate of drug-likeness (QED) is 0.497. The lowest BCUT2D eigenvalue weighted by Gasteiger charge is -2.20. The number of hydrogen-bond donors (Lipinski definition) is 3.